The van der Waals surface area contributed by atoms with Crippen molar-refractivity contribution in [2.75, 3.05) is 0 Å². The molecule has 0 heterocycles. The molecule has 2 rings (SSSR count). The summed E-state index contributed by atoms with van der Waals surface area (Å²) in [6, 6.07) is 3.27. The first kappa shape index (κ1) is 13.9. The third-order valence-corrected chi connectivity index (χ3v) is 5.08. The Balaban J connectivity index is 2.03. The van der Waals surface area contributed by atoms with Crippen molar-refractivity contribution < 1.29 is 0 Å². The molecular formula is C16H28N2. The molecule has 0 aromatic rings. The predicted molar refractivity (Wildman–Crippen MR) is 75.2 cm³/mol. The molecule has 2 aliphatic carbocycles. The molecule has 0 spiro atoms. The molecule has 2 aliphatic rings. The molecule has 2 atom stereocenters. The Kier molecular flexibility index (Phi) is 5.06. The van der Waals surface area contributed by atoms with Gasteiger partial charge in [0.25, 0.3) is 0 Å². The number of nitriles is 1. The Morgan fingerprint density at radius 3 is 2.33 bits per heavy atom. The molecule has 2 saturated carbocycles. The Bertz CT molecular complexity index is 286. The first-order chi connectivity index (χ1) is 8.80. The molecule has 18 heavy (non-hydrogen) atoms. The number of nitrogens with one attached hydrogen (secondary N) is 1. The second-order valence-electron chi connectivity index (χ2n) is 6.27. The van der Waals surface area contributed by atoms with Gasteiger partial charge in [-0.15, -0.1) is 0 Å². The molecule has 2 fully saturated rings. The van der Waals surface area contributed by atoms with E-state index in [4.69, 9.17) is 0 Å². The second kappa shape index (κ2) is 6.57. The van der Waals surface area contributed by atoms with E-state index in [2.05, 4.69) is 18.3 Å². The Labute approximate surface area is 112 Å². The fourth-order valence-electron chi connectivity index (χ4n) is 3.96. The zero-order valence-corrected chi connectivity index (χ0v) is 11.9. The van der Waals surface area contributed by atoms with Crippen molar-refractivity contribution in [2.24, 2.45) is 5.92 Å². The van der Waals surface area contributed by atoms with Gasteiger partial charge in [-0.25, -0.2) is 0 Å². The van der Waals surface area contributed by atoms with Gasteiger partial charge in [-0.3, -0.25) is 5.32 Å². The molecule has 2 unspecified atom stereocenters. The first-order valence-electron chi connectivity index (χ1n) is 7.99. The maximum Gasteiger partial charge on any atom is 0.109 e. The van der Waals surface area contributed by atoms with Crippen molar-refractivity contribution in [3.8, 4) is 6.07 Å². The third-order valence-electron chi connectivity index (χ3n) is 5.08. The maximum atomic E-state index is 9.73. The van der Waals surface area contributed by atoms with Crippen LogP contribution in [-0.4, -0.2) is 11.6 Å². The van der Waals surface area contributed by atoms with Crippen molar-refractivity contribution in [1.29, 1.82) is 5.26 Å². The quantitative estimate of drug-likeness (QED) is 0.761. The zero-order valence-electron chi connectivity index (χ0n) is 11.9. The summed E-state index contributed by atoms with van der Waals surface area (Å²) in [6.07, 6.45) is 14.0. The largest absolute Gasteiger partial charge is 0.296 e. The standard InChI is InChI=1S/C16H28N2/c1-2-14-9-7-8-12-16(14,13-17)18-15-10-5-3-4-6-11-15/h14-15,18H,2-12H2,1H3. The van der Waals surface area contributed by atoms with Gasteiger partial charge in [-0.1, -0.05) is 51.9 Å². The summed E-state index contributed by atoms with van der Waals surface area (Å²) < 4.78 is 0. The molecule has 0 bridgehead atoms. The summed E-state index contributed by atoms with van der Waals surface area (Å²) in [4.78, 5) is 0. The van der Waals surface area contributed by atoms with Gasteiger partial charge in [0.2, 0.25) is 0 Å². The predicted octanol–water partition coefficient (Wildman–Crippen LogP) is 4.16. The molecule has 0 saturated heterocycles. The van der Waals surface area contributed by atoms with Crippen LogP contribution in [-0.2, 0) is 0 Å². The van der Waals surface area contributed by atoms with Crippen molar-refractivity contribution in [3.63, 3.8) is 0 Å². The van der Waals surface area contributed by atoms with Crippen LogP contribution in [0.15, 0.2) is 0 Å². The number of hydrogen-bond acceptors (Lipinski definition) is 2. The second-order valence-corrected chi connectivity index (χ2v) is 6.27. The fraction of sp³-hybridized carbons (Fsp3) is 0.938. The molecule has 0 amide bonds. The van der Waals surface area contributed by atoms with Gasteiger partial charge < -0.3 is 0 Å². The van der Waals surface area contributed by atoms with Crippen LogP contribution < -0.4 is 5.32 Å². The van der Waals surface area contributed by atoms with Crippen LogP contribution in [0.2, 0.25) is 0 Å². The van der Waals surface area contributed by atoms with Crippen molar-refractivity contribution >= 4 is 0 Å². The number of nitrogens with zero attached hydrogens (tertiary/aromatic N) is 1. The number of rotatable bonds is 3. The van der Waals surface area contributed by atoms with E-state index in [0.29, 0.717) is 12.0 Å². The topological polar surface area (TPSA) is 35.8 Å². The van der Waals surface area contributed by atoms with Crippen LogP contribution in [0, 0.1) is 17.2 Å². The average molecular weight is 248 g/mol. The molecule has 0 aliphatic heterocycles. The first-order valence-corrected chi connectivity index (χ1v) is 7.99. The van der Waals surface area contributed by atoms with Gasteiger partial charge in [0.15, 0.2) is 0 Å². The van der Waals surface area contributed by atoms with Crippen LogP contribution in [0.1, 0.15) is 77.6 Å². The summed E-state index contributed by atoms with van der Waals surface area (Å²) in [5.74, 6) is 0.569. The lowest BCUT2D eigenvalue weighted by atomic mass is 9.71. The highest BCUT2D eigenvalue weighted by atomic mass is 15.0. The molecule has 2 heteroatoms. The average Bonchev–Trinajstić information content (AvgIpc) is 2.67. The Morgan fingerprint density at radius 2 is 1.72 bits per heavy atom. The van der Waals surface area contributed by atoms with Crippen molar-refractivity contribution in [1.82, 2.24) is 5.32 Å². The van der Waals surface area contributed by atoms with E-state index in [1.54, 1.807) is 0 Å². The summed E-state index contributed by atoms with van der Waals surface area (Å²) in [7, 11) is 0. The lowest BCUT2D eigenvalue weighted by Gasteiger charge is -2.41. The summed E-state index contributed by atoms with van der Waals surface area (Å²) in [5, 5.41) is 13.5. The van der Waals surface area contributed by atoms with Crippen molar-refractivity contribution in [3.05, 3.63) is 0 Å². The van der Waals surface area contributed by atoms with E-state index in [1.807, 2.05) is 0 Å². The Morgan fingerprint density at radius 1 is 1.06 bits per heavy atom. The fourth-order valence-corrected chi connectivity index (χ4v) is 3.96. The van der Waals surface area contributed by atoms with Gasteiger partial charge in [0.1, 0.15) is 5.54 Å². The van der Waals surface area contributed by atoms with Gasteiger partial charge in [0, 0.05) is 6.04 Å². The molecular weight excluding hydrogens is 220 g/mol. The van der Waals surface area contributed by atoms with Gasteiger partial charge in [-0.2, -0.15) is 5.26 Å². The van der Waals surface area contributed by atoms with E-state index < -0.39 is 0 Å². The zero-order chi connectivity index (χ0) is 12.8. The monoisotopic (exact) mass is 248 g/mol. The van der Waals surface area contributed by atoms with E-state index in [1.165, 1.54) is 57.8 Å². The number of hydrogen-bond donors (Lipinski definition) is 1. The summed E-state index contributed by atoms with van der Waals surface area (Å²) in [5.41, 5.74) is -0.206. The van der Waals surface area contributed by atoms with Crippen LogP contribution in [0.4, 0.5) is 0 Å². The highest BCUT2D eigenvalue weighted by Gasteiger charge is 2.41. The van der Waals surface area contributed by atoms with Crippen LogP contribution >= 0.6 is 0 Å². The minimum Gasteiger partial charge on any atom is -0.296 e. The minimum absolute atomic E-state index is 0.206. The molecule has 1 N–H and O–H groups in total. The van der Waals surface area contributed by atoms with Gasteiger partial charge >= 0.3 is 0 Å². The lowest BCUT2D eigenvalue weighted by Crippen LogP contribution is -2.55. The van der Waals surface area contributed by atoms with Crippen molar-refractivity contribution in [2.45, 2.75) is 89.1 Å². The highest BCUT2D eigenvalue weighted by molar-refractivity contribution is 5.13. The molecule has 0 aromatic carbocycles. The summed E-state index contributed by atoms with van der Waals surface area (Å²) in [6.45, 7) is 2.25. The van der Waals surface area contributed by atoms with Crippen LogP contribution in [0.3, 0.4) is 0 Å². The Hall–Kier alpha value is -0.550. The minimum atomic E-state index is -0.206. The van der Waals surface area contributed by atoms with E-state index in [9.17, 15) is 5.26 Å². The maximum absolute atomic E-state index is 9.73. The van der Waals surface area contributed by atoms with E-state index in [0.717, 1.165) is 12.8 Å². The highest BCUT2D eigenvalue weighted by Crippen LogP contribution is 2.36. The summed E-state index contributed by atoms with van der Waals surface area (Å²) >= 11 is 0. The van der Waals surface area contributed by atoms with Gasteiger partial charge in [-0.05, 0) is 31.6 Å². The van der Waals surface area contributed by atoms with E-state index >= 15 is 0 Å². The third kappa shape index (κ3) is 3.06. The molecule has 0 radical (unpaired) electrons. The van der Waals surface area contributed by atoms with Gasteiger partial charge in [0.05, 0.1) is 6.07 Å². The van der Waals surface area contributed by atoms with Crippen LogP contribution in [0.25, 0.3) is 0 Å². The van der Waals surface area contributed by atoms with Crippen LogP contribution in [0.5, 0.6) is 0 Å². The molecule has 2 nitrogen and oxygen atoms in total. The smallest absolute Gasteiger partial charge is 0.109 e. The molecule has 0 aromatic heterocycles. The van der Waals surface area contributed by atoms with E-state index in [-0.39, 0.29) is 5.54 Å². The molecule has 102 valence electrons. The lowest BCUT2D eigenvalue weighted by molar-refractivity contribution is 0.168. The SMILES string of the molecule is CCC1CCCCC1(C#N)NC1CCCCCC1. The normalized spacial score (nSPS) is 34.8.